The van der Waals surface area contributed by atoms with Crippen LogP contribution >= 0.6 is 12.4 Å². The molecule has 1 N–H and O–H groups in total. The molecular formula is C13H21ClN4O4S. The lowest BCUT2D eigenvalue weighted by molar-refractivity contribution is -0.138. The Balaban J connectivity index is 0.00000192. The van der Waals surface area contributed by atoms with Crippen molar-refractivity contribution in [2.24, 2.45) is 5.92 Å². The Morgan fingerprint density at radius 1 is 1.22 bits per heavy atom. The number of aryl methyl sites for hydroxylation is 2. The lowest BCUT2D eigenvalue weighted by atomic mass is 10.0. The average Bonchev–Trinajstić information content (AvgIpc) is 2.77. The van der Waals surface area contributed by atoms with Crippen molar-refractivity contribution in [3.8, 4) is 0 Å². The van der Waals surface area contributed by atoms with Gasteiger partial charge in [-0.05, 0) is 13.8 Å². The quantitative estimate of drug-likeness (QED) is 0.795. The molecule has 23 heavy (non-hydrogen) atoms. The maximum atomic E-state index is 12.7. The summed E-state index contributed by atoms with van der Waals surface area (Å²) in [4.78, 5) is 14.1. The molecule has 0 aromatic carbocycles. The fraction of sp³-hybridized carbons (Fsp3) is 0.692. The van der Waals surface area contributed by atoms with Crippen LogP contribution in [0.15, 0.2) is 9.42 Å². The number of hydrogen-bond donors (Lipinski definition) is 1. The van der Waals surface area contributed by atoms with Gasteiger partial charge in [0, 0.05) is 39.3 Å². The van der Waals surface area contributed by atoms with Crippen LogP contribution in [0.2, 0.25) is 0 Å². The largest absolute Gasteiger partial charge is 0.360 e. The molecule has 3 rings (SSSR count). The molecule has 0 unspecified atom stereocenters. The van der Waals surface area contributed by atoms with Crippen LogP contribution in [-0.2, 0) is 14.8 Å². The van der Waals surface area contributed by atoms with Gasteiger partial charge in [0.1, 0.15) is 10.6 Å². The smallest absolute Gasteiger partial charge is 0.248 e. The zero-order chi connectivity index (χ0) is 15.9. The minimum Gasteiger partial charge on any atom is -0.360 e. The van der Waals surface area contributed by atoms with E-state index in [4.69, 9.17) is 4.52 Å². The summed E-state index contributed by atoms with van der Waals surface area (Å²) < 4.78 is 31.7. The predicted octanol–water partition coefficient (Wildman–Crippen LogP) is -0.234. The van der Waals surface area contributed by atoms with E-state index in [9.17, 15) is 13.2 Å². The normalized spacial score (nSPS) is 20.0. The van der Waals surface area contributed by atoms with E-state index in [2.05, 4.69) is 10.5 Å². The molecule has 2 saturated heterocycles. The maximum Gasteiger partial charge on any atom is 0.248 e. The Bertz CT molecular complexity index is 659. The monoisotopic (exact) mass is 364 g/mol. The third-order valence-corrected chi connectivity index (χ3v) is 6.39. The molecule has 130 valence electrons. The fourth-order valence-electron chi connectivity index (χ4n) is 2.84. The summed E-state index contributed by atoms with van der Waals surface area (Å²) in [7, 11) is -3.61. The number of nitrogens with one attached hydrogen (secondary N) is 1. The van der Waals surface area contributed by atoms with Gasteiger partial charge in [0.2, 0.25) is 15.9 Å². The van der Waals surface area contributed by atoms with Crippen LogP contribution in [-0.4, -0.2) is 68.0 Å². The molecule has 0 aliphatic carbocycles. The highest BCUT2D eigenvalue weighted by molar-refractivity contribution is 7.89. The Morgan fingerprint density at radius 2 is 1.83 bits per heavy atom. The first kappa shape index (κ1) is 18.2. The first-order valence-electron chi connectivity index (χ1n) is 7.34. The van der Waals surface area contributed by atoms with Gasteiger partial charge in [-0.15, -0.1) is 12.4 Å². The van der Waals surface area contributed by atoms with Gasteiger partial charge in [0.25, 0.3) is 0 Å². The summed E-state index contributed by atoms with van der Waals surface area (Å²) in [6, 6.07) is 0. The van der Waals surface area contributed by atoms with E-state index >= 15 is 0 Å². The number of hydrogen-bond acceptors (Lipinski definition) is 6. The molecule has 0 atom stereocenters. The highest BCUT2D eigenvalue weighted by Gasteiger charge is 2.36. The SMILES string of the molecule is Cc1noc(C)c1S(=O)(=O)N1CCN(C(=O)C2CNC2)CC1.Cl. The summed E-state index contributed by atoms with van der Waals surface area (Å²) in [5.41, 5.74) is 0.372. The summed E-state index contributed by atoms with van der Waals surface area (Å²) in [6.45, 7) is 6.11. The molecule has 2 fully saturated rings. The molecule has 0 bridgehead atoms. The molecule has 2 aliphatic heterocycles. The fourth-order valence-corrected chi connectivity index (χ4v) is 4.56. The van der Waals surface area contributed by atoms with Crippen LogP contribution in [0, 0.1) is 19.8 Å². The Labute approximate surface area is 141 Å². The van der Waals surface area contributed by atoms with E-state index in [1.807, 2.05) is 0 Å². The Morgan fingerprint density at radius 3 is 2.26 bits per heavy atom. The number of piperazine rings is 1. The van der Waals surface area contributed by atoms with Gasteiger partial charge in [-0.3, -0.25) is 4.79 Å². The molecular weight excluding hydrogens is 344 g/mol. The van der Waals surface area contributed by atoms with Gasteiger partial charge in [0.15, 0.2) is 5.76 Å². The van der Waals surface area contributed by atoms with Crippen molar-refractivity contribution < 1.29 is 17.7 Å². The third-order valence-electron chi connectivity index (χ3n) is 4.25. The van der Waals surface area contributed by atoms with Gasteiger partial charge in [-0.2, -0.15) is 4.31 Å². The predicted molar refractivity (Wildman–Crippen MR) is 84.9 cm³/mol. The van der Waals surface area contributed by atoms with E-state index in [1.54, 1.807) is 18.7 Å². The first-order valence-corrected chi connectivity index (χ1v) is 8.78. The lowest BCUT2D eigenvalue weighted by Gasteiger charge is -2.37. The number of sulfonamides is 1. The summed E-state index contributed by atoms with van der Waals surface area (Å²) in [6.07, 6.45) is 0. The van der Waals surface area contributed by atoms with Gasteiger partial charge in [0.05, 0.1) is 5.92 Å². The van der Waals surface area contributed by atoms with Crippen molar-refractivity contribution in [1.82, 2.24) is 19.7 Å². The topological polar surface area (TPSA) is 95.8 Å². The standard InChI is InChI=1S/C13H20N4O4S.ClH/c1-9-12(10(2)21-15-9)22(19,20)17-5-3-16(4-6-17)13(18)11-7-14-8-11;/h11,14H,3-8H2,1-2H3;1H. The number of amides is 1. The summed E-state index contributed by atoms with van der Waals surface area (Å²) >= 11 is 0. The van der Waals surface area contributed by atoms with Gasteiger partial charge >= 0.3 is 0 Å². The summed E-state index contributed by atoms with van der Waals surface area (Å²) in [5.74, 6) is 0.468. The number of aromatic nitrogens is 1. The van der Waals surface area contributed by atoms with Crippen molar-refractivity contribution in [1.29, 1.82) is 0 Å². The lowest BCUT2D eigenvalue weighted by Crippen LogP contribution is -2.57. The maximum absolute atomic E-state index is 12.7. The molecule has 1 aromatic rings. The number of carbonyl (C=O) groups is 1. The van der Waals surface area contributed by atoms with Crippen molar-refractivity contribution >= 4 is 28.3 Å². The minimum atomic E-state index is -3.61. The Hall–Kier alpha value is -1.16. The molecule has 1 amide bonds. The van der Waals surface area contributed by atoms with Crippen LogP contribution in [0.4, 0.5) is 0 Å². The van der Waals surface area contributed by atoms with E-state index in [0.717, 1.165) is 13.1 Å². The third kappa shape index (κ3) is 3.23. The number of carbonyl (C=O) groups excluding carboxylic acids is 1. The molecule has 10 heteroatoms. The minimum absolute atomic E-state index is 0. The molecule has 0 saturated carbocycles. The second-order valence-corrected chi connectivity index (χ2v) is 7.61. The molecule has 0 radical (unpaired) electrons. The van der Waals surface area contributed by atoms with Crippen molar-refractivity contribution in [2.75, 3.05) is 39.3 Å². The van der Waals surface area contributed by atoms with E-state index in [0.29, 0.717) is 37.6 Å². The van der Waals surface area contributed by atoms with Crippen LogP contribution < -0.4 is 5.32 Å². The van der Waals surface area contributed by atoms with Gasteiger partial charge in [-0.25, -0.2) is 8.42 Å². The first-order chi connectivity index (χ1) is 10.4. The number of nitrogens with zero attached hydrogens (tertiary/aromatic N) is 3. The van der Waals surface area contributed by atoms with Gasteiger partial charge < -0.3 is 14.7 Å². The van der Waals surface area contributed by atoms with Gasteiger partial charge in [-0.1, -0.05) is 5.16 Å². The Kier molecular flexibility index (Phi) is 5.34. The van der Waals surface area contributed by atoms with Crippen molar-refractivity contribution in [2.45, 2.75) is 18.7 Å². The highest BCUT2D eigenvalue weighted by Crippen LogP contribution is 2.24. The van der Waals surface area contributed by atoms with Crippen molar-refractivity contribution in [3.05, 3.63) is 11.5 Å². The van der Waals surface area contributed by atoms with Crippen LogP contribution in [0.25, 0.3) is 0 Å². The van der Waals surface area contributed by atoms with E-state index in [1.165, 1.54) is 4.31 Å². The van der Waals surface area contributed by atoms with Crippen LogP contribution in [0.3, 0.4) is 0 Å². The average molecular weight is 365 g/mol. The number of rotatable bonds is 3. The molecule has 3 heterocycles. The van der Waals surface area contributed by atoms with E-state index < -0.39 is 10.0 Å². The van der Waals surface area contributed by atoms with Crippen LogP contribution in [0.5, 0.6) is 0 Å². The molecule has 2 aliphatic rings. The molecule has 8 nitrogen and oxygen atoms in total. The molecule has 0 spiro atoms. The summed E-state index contributed by atoms with van der Waals surface area (Å²) in [5, 5.41) is 6.78. The van der Waals surface area contributed by atoms with Crippen LogP contribution in [0.1, 0.15) is 11.5 Å². The number of halogens is 1. The second kappa shape index (κ2) is 6.76. The zero-order valence-corrected chi connectivity index (χ0v) is 14.7. The van der Waals surface area contributed by atoms with Crippen molar-refractivity contribution in [3.63, 3.8) is 0 Å². The highest BCUT2D eigenvalue weighted by atomic mass is 35.5. The zero-order valence-electron chi connectivity index (χ0n) is 13.1. The second-order valence-electron chi connectivity index (χ2n) is 5.74. The van der Waals surface area contributed by atoms with E-state index in [-0.39, 0.29) is 29.1 Å². The molecule has 1 aromatic heterocycles.